The van der Waals surface area contributed by atoms with Crippen LogP contribution in [0, 0.1) is 0 Å². The molecule has 4 nitrogen and oxygen atoms in total. The number of nitrogens with zero attached hydrogens (tertiary/aromatic N) is 4. The second-order valence-electron chi connectivity index (χ2n) is 8.57. The second-order valence-corrected chi connectivity index (χ2v) is 8.57. The van der Waals surface area contributed by atoms with E-state index in [-0.39, 0.29) is 17.1 Å². The van der Waals surface area contributed by atoms with Gasteiger partial charge < -0.3 is 19.8 Å². The first-order valence-corrected chi connectivity index (χ1v) is 11.6. The van der Waals surface area contributed by atoms with Gasteiger partial charge in [-0.05, 0) is 92.4 Å². The van der Waals surface area contributed by atoms with Crippen LogP contribution in [0.15, 0.2) is 9.98 Å². The summed E-state index contributed by atoms with van der Waals surface area (Å²) in [5.74, 6) is 0. The SMILES string of the molecule is CCCCCN=[C-]N(C(C)C)C(C)C.CCCCCN=[C-]N(C(C)C)C(C)C.[Mn+2]. The van der Waals surface area contributed by atoms with Gasteiger partial charge in [-0.15, -0.1) is 0 Å². The zero-order chi connectivity index (χ0) is 21.9. The van der Waals surface area contributed by atoms with Gasteiger partial charge in [-0.1, -0.05) is 39.5 Å². The van der Waals surface area contributed by atoms with E-state index in [4.69, 9.17) is 0 Å². The minimum Gasteiger partial charge on any atom is -0.533 e. The largest absolute Gasteiger partial charge is 2.00 e. The fraction of sp³-hybridized carbons (Fsp3) is 0.917. The molecule has 5 heteroatoms. The molecule has 1 radical (unpaired) electrons. The van der Waals surface area contributed by atoms with Crippen molar-refractivity contribution in [1.82, 2.24) is 9.80 Å². The third-order valence-electron chi connectivity index (χ3n) is 4.34. The summed E-state index contributed by atoms with van der Waals surface area (Å²) >= 11 is 0. The van der Waals surface area contributed by atoms with Gasteiger partial charge >= 0.3 is 17.1 Å². The molecule has 0 aliphatic rings. The van der Waals surface area contributed by atoms with Crippen LogP contribution >= 0.6 is 0 Å². The van der Waals surface area contributed by atoms with Crippen molar-refractivity contribution in [3.05, 3.63) is 0 Å². The zero-order valence-corrected chi connectivity index (χ0v) is 22.3. The van der Waals surface area contributed by atoms with E-state index in [0.717, 1.165) is 13.1 Å². The molecule has 0 aromatic carbocycles. The number of rotatable bonds is 14. The fourth-order valence-electron chi connectivity index (χ4n) is 2.80. The van der Waals surface area contributed by atoms with Crippen LogP contribution in [0.2, 0.25) is 0 Å². The summed E-state index contributed by atoms with van der Waals surface area (Å²) in [5, 5.41) is 0. The number of unbranched alkanes of at least 4 members (excludes halogenated alkanes) is 4. The monoisotopic (exact) mass is 449 g/mol. The predicted molar refractivity (Wildman–Crippen MR) is 128 cm³/mol. The Morgan fingerprint density at radius 2 is 0.828 bits per heavy atom. The minimum atomic E-state index is 0. The van der Waals surface area contributed by atoms with Crippen molar-refractivity contribution < 1.29 is 17.1 Å². The Morgan fingerprint density at radius 1 is 0.552 bits per heavy atom. The Kier molecular flexibility index (Phi) is 25.3. The average molecular weight is 450 g/mol. The van der Waals surface area contributed by atoms with Gasteiger partial charge in [0.15, 0.2) is 0 Å². The van der Waals surface area contributed by atoms with Crippen LogP contribution in [0.25, 0.3) is 0 Å². The molecular weight excluding hydrogens is 399 g/mol. The van der Waals surface area contributed by atoms with Crippen LogP contribution < -0.4 is 0 Å². The Hall–Kier alpha value is -0.541. The molecule has 0 atom stereocenters. The van der Waals surface area contributed by atoms with Crippen LogP contribution in [-0.2, 0) is 17.1 Å². The van der Waals surface area contributed by atoms with Crippen molar-refractivity contribution in [3.8, 4) is 0 Å². The summed E-state index contributed by atoms with van der Waals surface area (Å²) < 4.78 is 0. The summed E-state index contributed by atoms with van der Waals surface area (Å²) in [6, 6.07) is 1.96. The Bertz CT molecular complexity index is 327. The van der Waals surface area contributed by atoms with Gasteiger partial charge in [0, 0.05) is 13.1 Å². The minimum absolute atomic E-state index is 0. The molecule has 0 fully saturated rings. The van der Waals surface area contributed by atoms with Crippen molar-refractivity contribution in [3.63, 3.8) is 0 Å². The van der Waals surface area contributed by atoms with E-state index in [1.807, 2.05) is 0 Å². The number of hydrogen-bond donors (Lipinski definition) is 0. The molecule has 0 spiro atoms. The average Bonchev–Trinajstić information content (AvgIpc) is 2.60. The van der Waals surface area contributed by atoms with Crippen LogP contribution in [0.5, 0.6) is 0 Å². The maximum absolute atomic E-state index is 4.33. The van der Waals surface area contributed by atoms with Crippen molar-refractivity contribution in [1.29, 1.82) is 0 Å². The van der Waals surface area contributed by atoms with Crippen LogP contribution in [-0.4, -0.2) is 59.7 Å². The van der Waals surface area contributed by atoms with Crippen LogP contribution in [0.4, 0.5) is 0 Å². The summed E-state index contributed by atoms with van der Waals surface area (Å²) in [6.07, 6.45) is 13.7. The maximum atomic E-state index is 4.33. The van der Waals surface area contributed by atoms with E-state index in [2.05, 4.69) is 102 Å². The van der Waals surface area contributed by atoms with Crippen LogP contribution in [0.1, 0.15) is 108 Å². The predicted octanol–water partition coefficient (Wildman–Crippen LogP) is 6.40. The van der Waals surface area contributed by atoms with Gasteiger partial charge in [0.25, 0.3) is 0 Å². The van der Waals surface area contributed by atoms with Crippen LogP contribution in [0.3, 0.4) is 0 Å². The number of hydrogen-bond acceptors (Lipinski definition) is 2. The molecule has 0 amide bonds. The molecule has 0 aliphatic heterocycles. The third kappa shape index (κ3) is 20.5. The topological polar surface area (TPSA) is 31.2 Å². The molecule has 0 aromatic heterocycles. The Balaban J connectivity index is -0.000000451. The van der Waals surface area contributed by atoms with E-state index in [0.29, 0.717) is 24.2 Å². The van der Waals surface area contributed by atoms with Crippen molar-refractivity contribution >= 4 is 12.7 Å². The molecule has 0 aliphatic carbocycles. The molecule has 0 unspecified atom stereocenters. The normalized spacial score (nSPS) is 11.5. The first-order chi connectivity index (χ1) is 13.2. The first-order valence-electron chi connectivity index (χ1n) is 11.6. The van der Waals surface area contributed by atoms with Gasteiger partial charge in [-0.25, -0.2) is 0 Å². The third-order valence-corrected chi connectivity index (χ3v) is 4.34. The van der Waals surface area contributed by atoms with Gasteiger partial charge in [0.05, 0.1) is 0 Å². The van der Waals surface area contributed by atoms with Gasteiger partial charge in [0.2, 0.25) is 0 Å². The quantitative estimate of drug-likeness (QED) is 0.0767. The standard InChI is InChI=1S/2C12H25N2.Mn/c2*1-6-7-8-9-13-10-14(11(2)3)12(4)5;/h2*11-12H,6-9H2,1-5H3;/q2*-1;+2. The first kappa shape index (κ1) is 33.1. The molecule has 0 N–H and O–H groups in total. The maximum Gasteiger partial charge on any atom is 2.00 e. The molecule has 0 saturated carbocycles. The molecule has 29 heavy (non-hydrogen) atoms. The molecule has 173 valence electrons. The van der Waals surface area contributed by atoms with Crippen molar-refractivity contribution in [2.75, 3.05) is 13.1 Å². The van der Waals surface area contributed by atoms with E-state index in [1.165, 1.54) is 38.5 Å². The van der Waals surface area contributed by atoms with Crippen molar-refractivity contribution in [2.45, 2.75) is 132 Å². The molecule has 0 heterocycles. The van der Waals surface area contributed by atoms with Gasteiger partial charge in [-0.2, -0.15) is 0 Å². The Morgan fingerprint density at radius 3 is 1.03 bits per heavy atom. The second kappa shape index (κ2) is 22.2. The Labute approximate surface area is 194 Å². The summed E-state index contributed by atoms with van der Waals surface area (Å²) in [7, 11) is 0. The van der Waals surface area contributed by atoms with Gasteiger partial charge in [0.1, 0.15) is 0 Å². The van der Waals surface area contributed by atoms with E-state index in [9.17, 15) is 0 Å². The van der Waals surface area contributed by atoms with E-state index < -0.39 is 0 Å². The molecule has 0 saturated heterocycles. The fourth-order valence-corrected chi connectivity index (χ4v) is 2.80. The molecule has 0 rings (SSSR count). The summed E-state index contributed by atoms with van der Waals surface area (Å²) in [5.41, 5.74) is 0. The smallest absolute Gasteiger partial charge is 0.533 e. The zero-order valence-electron chi connectivity index (χ0n) is 21.1. The number of aliphatic imine (C=N–C) groups is 2. The summed E-state index contributed by atoms with van der Waals surface area (Å²) in [6.45, 7) is 23.7. The summed E-state index contributed by atoms with van der Waals surface area (Å²) in [4.78, 5) is 13.0. The van der Waals surface area contributed by atoms with Gasteiger partial charge in [-0.3, -0.25) is 12.7 Å². The molecular formula is C24H50MnN4. The molecule has 0 aromatic rings. The molecule has 0 bridgehead atoms. The van der Waals surface area contributed by atoms with E-state index in [1.54, 1.807) is 0 Å². The van der Waals surface area contributed by atoms with Crippen molar-refractivity contribution in [2.24, 2.45) is 9.98 Å². The van der Waals surface area contributed by atoms with E-state index >= 15 is 0 Å².